The van der Waals surface area contributed by atoms with E-state index in [1.807, 2.05) is 12.1 Å². The summed E-state index contributed by atoms with van der Waals surface area (Å²) >= 11 is 14.2. The highest BCUT2D eigenvalue weighted by atomic mass is 35.5. The van der Waals surface area contributed by atoms with E-state index in [0.29, 0.717) is 10.0 Å². The van der Waals surface area contributed by atoms with Crippen LogP contribution in [0.3, 0.4) is 0 Å². The molecule has 3 aromatic rings. The van der Waals surface area contributed by atoms with Gasteiger partial charge in [0.15, 0.2) is 0 Å². The van der Waals surface area contributed by atoms with Crippen molar-refractivity contribution in [2.24, 2.45) is 0 Å². The van der Waals surface area contributed by atoms with Gasteiger partial charge in [0.2, 0.25) is 0 Å². The summed E-state index contributed by atoms with van der Waals surface area (Å²) in [6, 6.07) is 16.6. The molecule has 0 saturated heterocycles. The normalized spacial score (nSPS) is 15.1. The van der Waals surface area contributed by atoms with Crippen molar-refractivity contribution in [2.75, 3.05) is 0 Å². The van der Waals surface area contributed by atoms with Crippen molar-refractivity contribution in [3.05, 3.63) is 91.1 Å². The van der Waals surface area contributed by atoms with E-state index in [1.54, 1.807) is 17.4 Å². The second-order valence-electron chi connectivity index (χ2n) is 5.66. The van der Waals surface area contributed by atoms with Crippen molar-refractivity contribution in [3.63, 3.8) is 0 Å². The number of benzene rings is 2. The van der Waals surface area contributed by atoms with Gasteiger partial charge in [-0.15, -0.1) is 11.3 Å². The van der Waals surface area contributed by atoms with Crippen LogP contribution in [0.1, 0.15) is 27.1 Å². The molecule has 1 aliphatic carbocycles. The molecule has 114 valence electrons. The number of aryl methyl sites for hydroxylation is 2. The smallest absolute Gasteiger partial charge is 0.0493 e. The first-order chi connectivity index (χ1) is 11.2. The van der Waals surface area contributed by atoms with Crippen LogP contribution in [0.2, 0.25) is 10.0 Å². The lowest BCUT2D eigenvalue weighted by molar-refractivity contribution is 0.970. The summed E-state index contributed by atoms with van der Waals surface area (Å²) in [5.74, 6) is 0. The summed E-state index contributed by atoms with van der Waals surface area (Å²) in [6.45, 7) is 0. The number of hydrogen-bond donors (Lipinski definition) is 0. The zero-order chi connectivity index (χ0) is 15.8. The van der Waals surface area contributed by atoms with Crippen molar-refractivity contribution in [1.29, 1.82) is 0 Å². The minimum Gasteiger partial charge on any atom is -0.144 e. The second-order valence-corrected chi connectivity index (χ2v) is 7.42. The van der Waals surface area contributed by atoms with Gasteiger partial charge < -0.3 is 0 Å². The van der Waals surface area contributed by atoms with E-state index >= 15 is 0 Å². The van der Waals surface area contributed by atoms with Crippen LogP contribution in [-0.4, -0.2) is 0 Å². The first-order valence-corrected chi connectivity index (χ1v) is 9.18. The minimum absolute atomic E-state index is 0.662. The molecule has 0 fully saturated rings. The summed E-state index contributed by atoms with van der Waals surface area (Å²) in [4.78, 5) is 1.35. The molecule has 4 rings (SSSR count). The molecule has 2 aromatic carbocycles. The Morgan fingerprint density at radius 3 is 2.61 bits per heavy atom. The van der Waals surface area contributed by atoms with Crippen LogP contribution in [-0.2, 0) is 12.8 Å². The molecule has 0 nitrogen and oxygen atoms in total. The molecule has 0 atom stereocenters. The van der Waals surface area contributed by atoms with Crippen LogP contribution in [0.15, 0.2) is 53.9 Å². The van der Waals surface area contributed by atoms with Crippen LogP contribution in [0, 0.1) is 0 Å². The van der Waals surface area contributed by atoms with Crippen molar-refractivity contribution in [2.45, 2.75) is 12.8 Å². The van der Waals surface area contributed by atoms with E-state index in [4.69, 9.17) is 23.2 Å². The average molecular weight is 357 g/mol. The molecule has 1 aliphatic rings. The third kappa shape index (κ3) is 2.85. The van der Waals surface area contributed by atoms with Gasteiger partial charge in [-0.2, -0.15) is 0 Å². The van der Waals surface area contributed by atoms with Gasteiger partial charge in [0.25, 0.3) is 0 Å². The maximum Gasteiger partial charge on any atom is 0.0493 e. The Bertz CT molecular complexity index is 906. The predicted octanol–water partition coefficient (Wildman–Crippen LogP) is 6.74. The third-order valence-corrected chi connectivity index (χ3v) is 5.78. The molecule has 0 spiro atoms. The summed E-state index contributed by atoms with van der Waals surface area (Å²) in [5, 5.41) is 3.52. The highest BCUT2D eigenvalue weighted by Gasteiger charge is 2.19. The maximum absolute atomic E-state index is 6.39. The Morgan fingerprint density at radius 2 is 1.74 bits per heavy atom. The van der Waals surface area contributed by atoms with E-state index in [0.717, 1.165) is 18.4 Å². The first-order valence-electron chi connectivity index (χ1n) is 7.54. The molecule has 0 saturated carbocycles. The van der Waals surface area contributed by atoms with E-state index in [-0.39, 0.29) is 0 Å². The fourth-order valence-corrected chi connectivity index (χ4v) is 4.53. The first kappa shape index (κ1) is 15.0. The van der Waals surface area contributed by atoms with Crippen molar-refractivity contribution in [1.82, 2.24) is 0 Å². The van der Waals surface area contributed by atoms with Crippen molar-refractivity contribution < 1.29 is 0 Å². The number of hydrogen-bond acceptors (Lipinski definition) is 1. The fourth-order valence-electron chi connectivity index (χ4n) is 3.08. The van der Waals surface area contributed by atoms with Gasteiger partial charge >= 0.3 is 0 Å². The van der Waals surface area contributed by atoms with E-state index < -0.39 is 0 Å². The Hall–Kier alpha value is -1.54. The largest absolute Gasteiger partial charge is 0.144 e. The Morgan fingerprint density at radius 1 is 0.913 bits per heavy atom. The number of thiophene rings is 1. The van der Waals surface area contributed by atoms with Crippen molar-refractivity contribution in [3.8, 4) is 0 Å². The van der Waals surface area contributed by atoms with Gasteiger partial charge in [0, 0.05) is 20.5 Å². The molecular weight excluding hydrogens is 343 g/mol. The highest BCUT2D eigenvalue weighted by molar-refractivity contribution is 7.11. The van der Waals surface area contributed by atoms with Crippen LogP contribution >= 0.6 is 34.5 Å². The zero-order valence-electron chi connectivity index (χ0n) is 12.4. The van der Waals surface area contributed by atoms with Gasteiger partial charge in [-0.1, -0.05) is 53.5 Å². The standard InChI is InChI=1S/C20H14Cl2S/c21-16-8-7-15(19(22)12-16)11-18-17-4-2-1-3-13(17)5-6-14-9-10-23-20(14)18/h1-4,7-12H,5-6H2/b18-11-. The predicted molar refractivity (Wildman–Crippen MR) is 102 cm³/mol. The van der Waals surface area contributed by atoms with Crippen molar-refractivity contribution >= 4 is 46.2 Å². The Labute approximate surface area is 150 Å². The fraction of sp³-hybridized carbons (Fsp3) is 0.100. The molecule has 0 aliphatic heterocycles. The molecular formula is C20H14Cl2S. The van der Waals surface area contributed by atoms with Gasteiger partial charge in [0.05, 0.1) is 0 Å². The summed E-state index contributed by atoms with van der Waals surface area (Å²) in [5.41, 5.74) is 6.38. The topological polar surface area (TPSA) is 0 Å². The SMILES string of the molecule is Clc1ccc(/C=C2/c3ccccc3CCc3ccsc32)c(Cl)c1. The molecule has 1 aromatic heterocycles. The van der Waals surface area contributed by atoms with Gasteiger partial charge in [-0.3, -0.25) is 0 Å². The van der Waals surface area contributed by atoms with E-state index in [9.17, 15) is 0 Å². The van der Waals surface area contributed by atoms with Gasteiger partial charge in [0.1, 0.15) is 0 Å². The molecule has 0 bridgehead atoms. The van der Waals surface area contributed by atoms with Crippen LogP contribution in [0.4, 0.5) is 0 Å². The second kappa shape index (κ2) is 6.16. The molecule has 1 heterocycles. The third-order valence-electron chi connectivity index (χ3n) is 4.22. The number of fused-ring (bicyclic) bond motifs is 2. The van der Waals surface area contributed by atoms with E-state index in [2.05, 4.69) is 41.8 Å². The summed E-state index contributed by atoms with van der Waals surface area (Å²) in [7, 11) is 0. The van der Waals surface area contributed by atoms with Crippen LogP contribution < -0.4 is 0 Å². The molecule has 0 radical (unpaired) electrons. The quantitative estimate of drug-likeness (QED) is 0.452. The molecule has 0 unspecified atom stereocenters. The Kier molecular flexibility index (Phi) is 4.02. The lowest BCUT2D eigenvalue weighted by Gasteiger charge is -2.10. The number of rotatable bonds is 1. The van der Waals surface area contributed by atoms with Crippen LogP contribution in [0.25, 0.3) is 11.6 Å². The lowest BCUT2D eigenvalue weighted by atomic mass is 9.97. The lowest BCUT2D eigenvalue weighted by Crippen LogP contribution is -1.91. The zero-order valence-corrected chi connectivity index (χ0v) is 14.7. The minimum atomic E-state index is 0.662. The summed E-state index contributed by atoms with van der Waals surface area (Å²) in [6.07, 6.45) is 4.35. The molecule has 0 amide bonds. The summed E-state index contributed by atoms with van der Waals surface area (Å²) < 4.78 is 0. The van der Waals surface area contributed by atoms with Gasteiger partial charge in [-0.25, -0.2) is 0 Å². The maximum atomic E-state index is 6.39. The van der Waals surface area contributed by atoms with Gasteiger partial charge in [-0.05, 0) is 64.8 Å². The highest BCUT2D eigenvalue weighted by Crippen LogP contribution is 2.38. The molecule has 23 heavy (non-hydrogen) atoms. The monoisotopic (exact) mass is 356 g/mol. The Balaban J connectivity index is 1.95. The molecule has 0 N–H and O–H groups in total. The average Bonchev–Trinajstić information content (AvgIpc) is 2.96. The number of halogens is 2. The molecule has 3 heteroatoms. The van der Waals surface area contributed by atoms with Crippen LogP contribution in [0.5, 0.6) is 0 Å². The van der Waals surface area contributed by atoms with E-state index in [1.165, 1.54) is 27.1 Å².